The molecule has 0 aliphatic heterocycles. The molecule has 2 N–H and O–H groups in total. The highest BCUT2D eigenvalue weighted by Gasteiger charge is 2.36. The standard InChI is InChI=1S/C16H34N2/c1-5-14(3)12-16(6-2,13-17)18(4)15-10-8-7-9-11-15/h14-15H,5-13,17H2,1-4H3. The van der Waals surface area contributed by atoms with E-state index in [0.29, 0.717) is 0 Å². The van der Waals surface area contributed by atoms with Crippen molar-refractivity contribution in [1.82, 2.24) is 4.90 Å². The van der Waals surface area contributed by atoms with Crippen LogP contribution in [0.2, 0.25) is 0 Å². The fourth-order valence-corrected chi connectivity index (χ4v) is 3.56. The summed E-state index contributed by atoms with van der Waals surface area (Å²) in [6, 6.07) is 0.770. The largest absolute Gasteiger partial charge is 0.329 e. The Morgan fingerprint density at radius 1 is 1.22 bits per heavy atom. The summed E-state index contributed by atoms with van der Waals surface area (Å²) in [6.45, 7) is 7.78. The maximum atomic E-state index is 6.19. The maximum Gasteiger partial charge on any atom is 0.0331 e. The Morgan fingerprint density at radius 3 is 2.28 bits per heavy atom. The van der Waals surface area contributed by atoms with Crippen LogP contribution >= 0.6 is 0 Å². The fraction of sp³-hybridized carbons (Fsp3) is 1.00. The molecule has 0 aromatic heterocycles. The van der Waals surface area contributed by atoms with Crippen LogP contribution in [-0.4, -0.2) is 30.1 Å². The molecular weight excluding hydrogens is 220 g/mol. The van der Waals surface area contributed by atoms with Crippen molar-refractivity contribution in [2.75, 3.05) is 13.6 Å². The van der Waals surface area contributed by atoms with Gasteiger partial charge in [0.2, 0.25) is 0 Å². The van der Waals surface area contributed by atoms with Gasteiger partial charge in [-0.05, 0) is 38.6 Å². The van der Waals surface area contributed by atoms with E-state index >= 15 is 0 Å². The number of likely N-dealkylation sites (N-methyl/N-ethyl adjacent to an activating group) is 1. The topological polar surface area (TPSA) is 29.3 Å². The van der Waals surface area contributed by atoms with Crippen molar-refractivity contribution in [2.24, 2.45) is 11.7 Å². The van der Waals surface area contributed by atoms with Crippen LogP contribution in [0.1, 0.15) is 72.1 Å². The third-order valence-corrected chi connectivity index (χ3v) is 5.33. The van der Waals surface area contributed by atoms with Crippen LogP contribution in [-0.2, 0) is 0 Å². The Morgan fingerprint density at radius 2 is 1.83 bits per heavy atom. The third-order valence-electron chi connectivity index (χ3n) is 5.33. The summed E-state index contributed by atoms with van der Waals surface area (Å²) in [6.07, 6.45) is 10.7. The SMILES string of the molecule is CCC(C)CC(CC)(CN)N(C)C1CCCCC1. The van der Waals surface area contributed by atoms with Gasteiger partial charge in [0.05, 0.1) is 0 Å². The van der Waals surface area contributed by atoms with E-state index in [-0.39, 0.29) is 5.54 Å². The first-order valence-corrected chi connectivity index (χ1v) is 8.02. The zero-order valence-electron chi connectivity index (χ0n) is 13.0. The summed E-state index contributed by atoms with van der Waals surface area (Å²) in [7, 11) is 2.33. The maximum absolute atomic E-state index is 6.19. The van der Waals surface area contributed by atoms with E-state index in [0.717, 1.165) is 18.5 Å². The molecule has 18 heavy (non-hydrogen) atoms. The monoisotopic (exact) mass is 254 g/mol. The van der Waals surface area contributed by atoms with Crippen LogP contribution in [0.15, 0.2) is 0 Å². The van der Waals surface area contributed by atoms with Gasteiger partial charge < -0.3 is 5.73 Å². The first-order valence-electron chi connectivity index (χ1n) is 8.02. The second kappa shape index (κ2) is 7.49. The predicted molar refractivity (Wildman–Crippen MR) is 80.8 cm³/mol. The van der Waals surface area contributed by atoms with Crippen molar-refractivity contribution in [3.8, 4) is 0 Å². The molecule has 0 amide bonds. The fourth-order valence-electron chi connectivity index (χ4n) is 3.56. The molecule has 2 heteroatoms. The van der Waals surface area contributed by atoms with Gasteiger partial charge >= 0.3 is 0 Å². The molecule has 0 bridgehead atoms. The summed E-state index contributed by atoms with van der Waals surface area (Å²) in [5.41, 5.74) is 6.42. The minimum atomic E-state index is 0.234. The van der Waals surface area contributed by atoms with Crippen molar-refractivity contribution < 1.29 is 0 Å². The van der Waals surface area contributed by atoms with Crippen molar-refractivity contribution in [3.63, 3.8) is 0 Å². The lowest BCUT2D eigenvalue weighted by molar-refractivity contribution is 0.0358. The lowest BCUT2D eigenvalue weighted by atomic mass is 9.81. The van der Waals surface area contributed by atoms with Gasteiger partial charge in [0.15, 0.2) is 0 Å². The Kier molecular flexibility index (Phi) is 6.65. The van der Waals surface area contributed by atoms with E-state index in [4.69, 9.17) is 5.73 Å². The molecule has 0 heterocycles. The molecule has 0 aromatic carbocycles. The van der Waals surface area contributed by atoms with Crippen LogP contribution in [0.4, 0.5) is 0 Å². The van der Waals surface area contributed by atoms with E-state index in [1.54, 1.807) is 0 Å². The smallest absolute Gasteiger partial charge is 0.0331 e. The lowest BCUT2D eigenvalue weighted by Gasteiger charge is -2.47. The zero-order chi connectivity index (χ0) is 13.6. The molecule has 2 atom stereocenters. The van der Waals surface area contributed by atoms with Gasteiger partial charge in [0.25, 0.3) is 0 Å². The summed E-state index contributed by atoms with van der Waals surface area (Å²) < 4.78 is 0. The first kappa shape index (κ1) is 16.0. The molecule has 0 spiro atoms. The molecule has 0 aromatic rings. The predicted octanol–water partition coefficient (Wildman–Crippen LogP) is 3.79. The van der Waals surface area contributed by atoms with Crippen molar-refractivity contribution in [2.45, 2.75) is 83.7 Å². The zero-order valence-corrected chi connectivity index (χ0v) is 13.0. The van der Waals surface area contributed by atoms with Gasteiger partial charge in [-0.3, -0.25) is 4.90 Å². The van der Waals surface area contributed by atoms with E-state index < -0.39 is 0 Å². The van der Waals surface area contributed by atoms with Crippen LogP contribution in [0.5, 0.6) is 0 Å². The average Bonchev–Trinajstić information content (AvgIpc) is 2.44. The van der Waals surface area contributed by atoms with Gasteiger partial charge in [0, 0.05) is 18.1 Å². The summed E-state index contributed by atoms with van der Waals surface area (Å²) >= 11 is 0. The molecule has 1 saturated carbocycles. The van der Waals surface area contributed by atoms with E-state index in [2.05, 4.69) is 32.7 Å². The molecule has 1 aliphatic carbocycles. The number of hydrogen-bond donors (Lipinski definition) is 1. The van der Waals surface area contributed by atoms with Crippen molar-refractivity contribution in [3.05, 3.63) is 0 Å². The average molecular weight is 254 g/mol. The van der Waals surface area contributed by atoms with Crippen LogP contribution < -0.4 is 5.73 Å². The Labute approximate surface area is 114 Å². The normalized spacial score (nSPS) is 23.0. The van der Waals surface area contributed by atoms with Crippen molar-refractivity contribution >= 4 is 0 Å². The number of rotatable bonds is 7. The molecule has 2 nitrogen and oxygen atoms in total. The number of nitrogens with zero attached hydrogens (tertiary/aromatic N) is 1. The Bertz CT molecular complexity index is 217. The van der Waals surface area contributed by atoms with E-state index in [1.165, 1.54) is 51.4 Å². The second-order valence-electron chi connectivity index (χ2n) is 6.40. The van der Waals surface area contributed by atoms with Gasteiger partial charge in [0.1, 0.15) is 0 Å². The summed E-state index contributed by atoms with van der Waals surface area (Å²) in [5, 5.41) is 0. The molecule has 1 aliphatic rings. The van der Waals surface area contributed by atoms with E-state index in [1.807, 2.05) is 0 Å². The highest BCUT2D eigenvalue weighted by molar-refractivity contribution is 4.94. The van der Waals surface area contributed by atoms with Gasteiger partial charge in [-0.2, -0.15) is 0 Å². The third kappa shape index (κ3) is 3.71. The van der Waals surface area contributed by atoms with Crippen LogP contribution in [0, 0.1) is 5.92 Å². The second-order valence-corrected chi connectivity index (χ2v) is 6.40. The molecular formula is C16H34N2. The molecule has 2 unspecified atom stereocenters. The quantitative estimate of drug-likeness (QED) is 0.749. The molecule has 0 radical (unpaired) electrons. The highest BCUT2D eigenvalue weighted by Crippen LogP contribution is 2.33. The molecule has 1 rings (SSSR count). The summed E-state index contributed by atoms with van der Waals surface area (Å²) in [5.74, 6) is 0.777. The lowest BCUT2D eigenvalue weighted by Crippen LogP contribution is -2.56. The van der Waals surface area contributed by atoms with E-state index in [9.17, 15) is 0 Å². The van der Waals surface area contributed by atoms with Gasteiger partial charge in [-0.15, -0.1) is 0 Å². The van der Waals surface area contributed by atoms with Crippen molar-refractivity contribution in [1.29, 1.82) is 0 Å². The molecule has 0 saturated heterocycles. The molecule has 1 fully saturated rings. The van der Waals surface area contributed by atoms with Crippen LogP contribution in [0.3, 0.4) is 0 Å². The minimum absolute atomic E-state index is 0.234. The summed E-state index contributed by atoms with van der Waals surface area (Å²) in [4.78, 5) is 2.65. The van der Waals surface area contributed by atoms with Gasteiger partial charge in [-0.25, -0.2) is 0 Å². The van der Waals surface area contributed by atoms with Gasteiger partial charge in [-0.1, -0.05) is 46.5 Å². The first-order chi connectivity index (χ1) is 8.59. The Hall–Kier alpha value is -0.0800. The number of nitrogens with two attached hydrogens (primary N) is 1. The highest BCUT2D eigenvalue weighted by atomic mass is 15.2. The molecule has 108 valence electrons. The van der Waals surface area contributed by atoms with Crippen LogP contribution in [0.25, 0.3) is 0 Å². The number of hydrogen-bond acceptors (Lipinski definition) is 2. The minimum Gasteiger partial charge on any atom is -0.329 e. The Balaban J connectivity index is 2.74.